The Morgan fingerprint density at radius 3 is 2.85 bits per heavy atom. The molecule has 1 fully saturated rings. The predicted octanol–water partition coefficient (Wildman–Crippen LogP) is 2.73. The van der Waals surface area contributed by atoms with E-state index in [0.717, 1.165) is 12.8 Å². The summed E-state index contributed by atoms with van der Waals surface area (Å²) in [5.41, 5.74) is 6.00. The predicted molar refractivity (Wildman–Crippen MR) is 78.5 cm³/mol. The van der Waals surface area contributed by atoms with Crippen LogP contribution in [0.2, 0.25) is 10.0 Å². The Morgan fingerprint density at radius 2 is 2.15 bits per heavy atom. The minimum atomic E-state index is -0.406. The summed E-state index contributed by atoms with van der Waals surface area (Å²) < 4.78 is 0. The number of piperidine rings is 1. The zero-order valence-corrected chi connectivity index (χ0v) is 12.2. The zero-order valence-electron chi connectivity index (χ0n) is 10.7. The second kappa shape index (κ2) is 6.33. The first-order valence-corrected chi connectivity index (χ1v) is 7.03. The highest BCUT2D eigenvalue weighted by Crippen LogP contribution is 2.25. The van der Waals surface area contributed by atoms with Gasteiger partial charge in [-0.3, -0.25) is 4.79 Å². The molecule has 0 radical (unpaired) electrons. The molecule has 3 N–H and O–H groups in total. The van der Waals surface area contributed by atoms with E-state index < -0.39 is 6.04 Å². The van der Waals surface area contributed by atoms with Gasteiger partial charge in [-0.15, -0.1) is 0 Å². The molecule has 7 heteroatoms. The van der Waals surface area contributed by atoms with Crippen molar-refractivity contribution in [2.75, 3.05) is 6.54 Å². The van der Waals surface area contributed by atoms with Crippen LogP contribution in [0.1, 0.15) is 29.6 Å². The SMILES string of the molecule is NC(=NO)C1CCCCN1C(=O)c1cc(Cl)ccc1Cl. The van der Waals surface area contributed by atoms with Crippen molar-refractivity contribution in [3.63, 3.8) is 0 Å². The molecule has 0 spiro atoms. The lowest BCUT2D eigenvalue weighted by Crippen LogP contribution is -2.50. The Balaban J connectivity index is 2.32. The first-order chi connectivity index (χ1) is 9.54. The molecule has 1 aromatic carbocycles. The summed E-state index contributed by atoms with van der Waals surface area (Å²) in [7, 11) is 0. The van der Waals surface area contributed by atoms with Crippen LogP contribution in [0.4, 0.5) is 0 Å². The van der Waals surface area contributed by atoms with Gasteiger partial charge in [0.1, 0.15) is 0 Å². The number of hydrogen-bond acceptors (Lipinski definition) is 3. The van der Waals surface area contributed by atoms with Crippen LogP contribution in [-0.2, 0) is 0 Å². The monoisotopic (exact) mass is 315 g/mol. The number of nitrogens with two attached hydrogens (primary N) is 1. The molecule has 2 rings (SSSR count). The summed E-state index contributed by atoms with van der Waals surface area (Å²) in [6, 6.07) is 4.33. The molecule has 1 aliphatic rings. The van der Waals surface area contributed by atoms with E-state index in [2.05, 4.69) is 5.16 Å². The number of benzene rings is 1. The molecular weight excluding hydrogens is 301 g/mol. The van der Waals surface area contributed by atoms with Gasteiger partial charge in [0.25, 0.3) is 5.91 Å². The van der Waals surface area contributed by atoms with Crippen molar-refractivity contribution in [1.29, 1.82) is 0 Å². The summed E-state index contributed by atoms with van der Waals surface area (Å²) in [4.78, 5) is 14.2. The third-order valence-corrected chi connectivity index (χ3v) is 3.94. The van der Waals surface area contributed by atoms with Gasteiger partial charge in [0.15, 0.2) is 5.84 Å². The van der Waals surface area contributed by atoms with Gasteiger partial charge in [-0.1, -0.05) is 28.4 Å². The van der Waals surface area contributed by atoms with Gasteiger partial charge in [0, 0.05) is 11.6 Å². The third-order valence-electron chi connectivity index (χ3n) is 3.38. The molecule has 1 unspecified atom stereocenters. The Morgan fingerprint density at radius 1 is 1.40 bits per heavy atom. The first kappa shape index (κ1) is 14.9. The molecule has 1 aromatic rings. The maximum atomic E-state index is 12.6. The number of hydrogen-bond donors (Lipinski definition) is 2. The van der Waals surface area contributed by atoms with Crippen molar-refractivity contribution in [2.24, 2.45) is 10.9 Å². The van der Waals surface area contributed by atoms with E-state index in [1.807, 2.05) is 0 Å². The second-order valence-corrected chi connectivity index (χ2v) is 5.50. The van der Waals surface area contributed by atoms with Crippen LogP contribution in [0.5, 0.6) is 0 Å². The Bertz CT molecular complexity index is 548. The highest BCUT2D eigenvalue weighted by atomic mass is 35.5. The third kappa shape index (κ3) is 2.99. The van der Waals surface area contributed by atoms with Gasteiger partial charge in [-0.25, -0.2) is 0 Å². The average molecular weight is 316 g/mol. The molecule has 1 aliphatic heterocycles. The molecule has 1 heterocycles. The number of halogens is 2. The van der Waals surface area contributed by atoms with Crippen LogP contribution in [0.15, 0.2) is 23.4 Å². The van der Waals surface area contributed by atoms with Crippen molar-refractivity contribution in [2.45, 2.75) is 25.3 Å². The van der Waals surface area contributed by atoms with Gasteiger partial charge in [0.05, 0.1) is 16.6 Å². The Hall–Kier alpha value is -1.46. The van der Waals surface area contributed by atoms with Crippen LogP contribution >= 0.6 is 23.2 Å². The average Bonchev–Trinajstić information content (AvgIpc) is 2.48. The van der Waals surface area contributed by atoms with Gasteiger partial charge in [-0.05, 0) is 37.5 Å². The first-order valence-electron chi connectivity index (χ1n) is 6.28. The fraction of sp³-hybridized carbons (Fsp3) is 0.385. The van der Waals surface area contributed by atoms with Crippen molar-refractivity contribution >= 4 is 34.9 Å². The molecule has 1 saturated heterocycles. The molecule has 0 aliphatic carbocycles. The van der Waals surface area contributed by atoms with E-state index in [1.54, 1.807) is 17.0 Å². The van der Waals surface area contributed by atoms with E-state index in [4.69, 9.17) is 34.1 Å². The van der Waals surface area contributed by atoms with Gasteiger partial charge in [-0.2, -0.15) is 0 Å². The van der Waals surface area contributed by atoms with E-state index in [9.17, 15) is 4.79 Å². The lowest BCUT2D eigenvalue weighted by Gasteiger charge is -2.35. The fourth-order valence-corrected chi connectivity index (χ4v) is 2.74. The number of nitrogens with zero attached hydrogens (tertiary/aromatic N) is 2. The lowest BCUT2D eigenvalue weighted by atomic mass is 10.00. The molecule has 0 aromatic heterocycles. The molecule has 0 saturated carbocycles. The summed E-state index contributed by atoms with van der Waals surface area (Å²) in [5.74, 6) is -0.218. The number of amidine groups is 1. The summed E-state index contributed by atoms with van der Waals surface area (Å²) in [5, 5.41) is 12.6. The number of rotatable bonds is 2. The van der Waals surface area contributed by atoms with E-state index >= 15 is 0 Å². The van der Waals surface area contributed by atoms with Gasteiger partial charge < -0.3 is 15.8 Å². The van der Waals surface area contributed by atoms with Crippen molar-refractivity contribution < 1.29 is 10.0 Å². The fourth-order valence-electron chi connectivity index (χ4n) is 2.36. The quantitative estimate of drug-likeness (QED) is 0.381. The second-order valence-electron chi connectivity index (χ2n) is 4.66. The molecular formula is C13H15Cl2N3O2. The Labute approximate surface area is 126 Å². The number of likely N-dealkylation sites (tertiary alicyclic amines) is 1. The minimum absolute atomic E-state index is 0.0381. The highest BCUT2D eigenvalue weighted by Gasteiger charge is 2.31. The lowest BCUT2D eigenvalue weighted by molar-refractivity contribution is 0.0677. The smallest absolute Gasteiger partial charge is 0.256 e. The topological polar surface area (TPSA) is 78.9 Å². The van der Waals surface area contributed by atoms with Gasteiger partial charge in [0.2, 0.25) is 0 Å². The molecule has 5 nitrogen and oxygen atoms in total. The zero-order chi connectivity index (χ0) is 14.7. The standard InChI is InChI=1S/C13H15Cl2N3O2/c14-8-4-5-10(15)9(7-8)13(19)18-6-2-1-3-11(18)12(16)17-20/h4-5,7,11,20H,1-3,6H2,(H2,16,17). The van der Waals surface area contributed by atoms with Crippen molar-refractivity contribution in [1.82, 2.24) is 4.90 Å². The number of oxime groups is 1. The van der Waals surface area contributed by atoms with Crippen molar-refractivity contribution in [3.8, 4) is 0 Å². The van der Waals surface area contributed by atoms with E-state index in [1.165, 1.54) is 6.07 Å². The van der Waals surface area contributed by atoms with Gasteiger partial charge >= 0.3 is 0 Å². The maximum absolute atomic E-state index is 12.6. The minimum Gasteiger partial charge on any atom is -0.409 e. The maximum Gasteiger partial charge on any atom is 0.256 e. The number of carbonyl (C=O) groups is 1. The van der Waals surface area contributed by atoms with Crippen LogP contribution < -0.4 is 5.73 Å². The molecule has 1 amide bonds. The highest BCUT2D eigenvalue weighted by molar-refractivity contribution is 6.35. The molecule has 108 valence electrons. The van der Waals surface area contributed by atoms with Crippen LogP contribution in [0.25, 0.3) is 0 Å². The van der Waals surface area contributed by atoms with Crippen LogP contribution in [0, 0.1) is 0 Å². The van der Waals surface area contributed by atoms with E-state index in [-0.39, 0.29) is 11.7 Å². The number of amides is 1. The molecule has 1 atom stereocenters. The summed E-state index contributed by atoms with van der Waals surface area (Å²) in [6.07, 6.45) is 2.47. The van der Waals surface area contributed by atoms with E-state index in [0.29, 0.717) is 28.6 Å². The Kier molecular flexibility index (Phi) is 4.73. The molecule has 0 bridgehead atoms. The summed E-state index contributed by atoms with van der Waals surface area (Å²) >= 11 is 12.0. The largest absolute Gasteiger partial charge is 0.409 e. The van der Waals surface area contributed by atoms with Crippen LogP contribution in [-0.4, -0.2) is 34.4 Å². The van der Waals surface area contributed by atoms with Crippen molar-refractivity contribution in [3.05, 3.63) is 33.8 Å². The number of carbonyl (C=O) groups excluding carboxylic acids is 1. The summed E-state index contributed by atoms with van der Waals surface area (Å²) in [6.45, 7) is 0.544. The van der Waals surface area contributed by atoms with Crippen LogP contribution in [0.3, 0.4) is 0 Å². The normalized spacial score (nSPS) is 20.0. The molecule has 20 heavy (non-hydrogen) atoms.